The fourth-order valence-corrected chi connectivity index (χ4v) is 3.15. The summed E-state index contributed by atoms with van der Waals surface area (Å²) in [5, 5.41) is 0. The molecule has 2 N–H and O–H groups in total. The first-order valence-electron chi connectivity index (χ1n) is 8.20. The van der Waals surface area contributed by atoms with Crippen LogP contribution in [-0.2, 0) is 11.3 Å². The van der Waals surface area contributed by atoms with Crippen LogP contribution < -0.4 is 5.73 Å². The van der Waals surface area contributed by atoms with Gasteiger partial charge in [0.2, 0.25) is 0 Å². The monoisotopic (exact) mass is 329 g/mol. The zero-order valence-corrected chi connectivity index (χ0v) is 13.9. The largest absolute Gasteiger partial charge is 0.384 e. The van der Waals surface area contributed by atoms with Crippen molar-refractivity contribution in [2.45, 2.75) is 25.3 Å². The Morgan fingerprint density at radius 1 is 1.42 bits per heavy atom. The number of hydrogen-bond donors (Lipinski definition) is 1. The fourth-order valence-electron chi connectivity index (χ4n) is 3.15. The van der Waals surface area contributed by atoms with Gasteiger partial charge in [0.1, 0.15) is 11.6 Å². The number of ether oxygens (including phenoxy) is 1. The van der Waals surface area contributed by atoms with E-state index >= 15 is 0 Å². The molecule has 2 aromatic heterocycles. The number of carbonyl (C=O) groups is 1. The smallest absolute Gasteiger partial charge is 0.255 e. The molecule has 128 valence electrons. The lowest BCUT2D eigenvalue weighted by molar-refractivity contribution is 0.0702. The number of aromatic nitrogens is 3. The first-order chi connectivity index (χ1) is 11.7. The van der Waals surface area contributed by atoms with Crippen LogP contribution in [0.1, 0.15) is 34.9 Å². The molecule has 0 bridgehead atoms. The van der Waals surface area contributed by atoms with Crippen molar-refractivity contribution in [2.24, 2.45) is 0 Å². The van der Waals surface area contributed by atoms with E-state index in [9.17, 15) is 4.79 Å². The Bertz CT molecular complexity index is 683. The maximum Gasteiger partial charge on any atom is 0.255 e. The number of methoxy groups -OCH3 is 1. The number of pyridine rings is 1. The standard InChI is InChI=1S/C17H23N5O2/c1-24-10-9-21-8-6-19-16(21)14-3-2-7-22(12-14)17(23)13-4-5-15(18)20-11-13/h4-6,8,11,14H,2-3,7,9-10,12H2,1H3,(H2,18,20)/t14-/m1/s1. The molecule has 1 aliphatic heterocycles. The molecule has 0 aliphatic carbocycles. The summed E-state index contributed by atoms with van der Waals surface area (Å²) in [6.45, 7) is 2.86. The number of hydrogen-bond acceptors (Lipinski definition) is 5. The lowest BCUT2D eigenvalue weighted by Crippen LogP contribution is -2.39. The van der Waals surface area contributed by atoms with Gasteiger partial charge in [0.15, 0.2) is 0 Å². The van der Waals surface area contributed by atoms with E-state index in [0.717, 1.165) is 31.8 Å². The average molecular weight is 329 g/mol. The summed E-state index contributed by atoms with van der Waals surface area (Å²) in [6.07, 6.45) is 7.33. The molecule has 3 heterocycles. The number of nitrogens with zero attached hydrogens (tertiary/aromatic N) is 4. The van der Waals surface area contributed by atoms with Crippen LogP contribution in [0.3, 0.4) is 0 Å². The third-order valence-electron chi connectivity index (χ3n) is 4.39. The molecule has 1 fully saturated rings. The number of rotatable bonds is 5. The number of carbonyl (C=O) groups excluding carboxylic acids is 1. The van der Waals surface area contributed by atoms with Crippen LogP contribution in [0.15, 0.2) is 30.7 Å². The van der Waals surface area contributed by atoms with Crippen molar-refractivity contribution in [3.63, 3.8) is 0 Å². The van der Waals surface area contributed by atoms with Gasteiger partial charge in [-0.1, -0.05) is 0 Å². The van der Waals surface area contributed by atoms with E-state index < -0.39 is 0 Å². The topological polar surface area (TPSA) is 86.3 Å². The molecule has 1 aliphatic rings. The van der Waals surface area contributed by atoms with Gasteiger partial charge < -0.3 is 19.9 Å². The van der Waals surface area contributed by atoms with Crippen molar-refractivity contribution in [3.05, 3.63) is 42.1 Å². The van der Waals surface area contributed by atoms with Gasteiger partial charge in [0.05, 0.1) is 12.2 Å². The Kier molecular flexibility index (Phi) is 5.10. The van der Waals surface area contributed by atoms with Gasteiger partial charge in [0.25, 0.3) is 5.91 Å². The maximum atomic E-state index is 12.7. The van der Waals surface area contributed by atoms with Crippen molar-refractivity contribution in [3.8, 4) is 0 Å². The fraction of sp³-hybridized carbons (Fsp3) is 0.471. The molecule has 24 heavy (non-hydrogen) atoms. The van der Waals surface area contributed by atoms with Crippen LogP contribution >= 0.6 is 0 Å². The average Bonchev–Trinajstić information content (AvgIpc) is 3.08. The van der Waals surface area contributed by atoms with E-state index in [2.05, 4.69) is 14.5 Å². The normalized spacial score (nSPS) is 17.9. The highest BCUT2D eigenvalue weighted by atomic mass is 16.5. The molecule has 0 unspecified atom stereocenters. The van der Waals surface area contributed by atoms with Gasteiger partial charge in [0, 0.05) is 51.3 Å². The van der Waals surface area contributed by atoms with Crippen LogP contribution in [0.4, 0.5) is 5.82 Å². The third-order valence-corrected chi connectivity index (χ3v) is 4.39. The number of imidazole rings is 1. The highest BCUT2D eigenvalue weighted by Gasteiger charge is 2.28. The zero-order valence-electron chi connectivity index (χ0n) is 13.9. The molecule has 1 saturated heterocycles. The summed E-state index contributed by atoms with van der Waals surface area (Å²) >= 11 is 0. The molecule has 0 spiro atoms. The Balaban J connectivity index is 1.71. The maximum absolute atomic E-state index is 12.7. The van der Waals surface area contributed by atoms with E-state index in [-0.39, 0.29) is 11.8 Å². The Morgan fingerprint density at radius 2 is 2.29 bits per heavy atom. The van der Waals surface area contributed by atoms with Crippen molar-refractivity contribution >= 4 is 11.7 Å². The van der Waals surface area contributed by atoms with Gasteiger partial charge in [-0.3, -0.25) is 4.79 Å². The molecule has 7 nitrogen and oxygen atoms in total. The lowest BCUT2D eigenvalue weighted by atomic mass is 9.96. The second-order valence-electron chi connectivity index (χ2n) is 6.03. The summed E-state index contributed by atoms with van der Waals surface area (Å²) in [7, 11) is 1.69. The quantitative estimate of drug-likeness (QED) is 0.899. The summed E-state index contributed by atoms with van der Waals surface area (Å²) < 4.78 is 7.27. The SMILES string of the molecule is COCCn1ccnc1[C@@H]1CCCN(C(=O)c2ccc(N)nc2)C1. The third kappa shape index (κ3) is 3.56. The van der Waals surface area contributed by atoms with E-state index in [1.165, 1.54) is 0 Å². The minimum absolute atomic E-state index is 0.00203. The first kappa shape index (κ1) is 16.4. The molecule has 0 saturated carbocycles. The predicted molar refractivity (Wildman–Crippen MR) is 90.6 cm³/mol. The summed E-state index contributed by atoms with van der Waals surface area (Å²) in [4.78, 5) is 23.1. The highest BCUT2D eigenvalue weighted by molar-refractivity contribution is 5.94. The van der Waals surface area contributed by atoms with Crippen LogP contribution in [0.5, 0.6) is 0 Å². The molecule has 1 atom stereocenters. The molecular weight excluding hydrogens is 306 g/mol. The van der Waals surface area contributed by atoms with Crippen LogP contribution in [0, 0.1) is 0 Å². The van der Waals surface area contributed by atoms with Gasteiger partial charge in [-0.15, -0.1) is 0 Å². The molecular formula is C17H23N5O2. The van der Waals surface area contributed by atoms with Crippen molar-refractivity contribution in [1.29, 1.82) is 0 Å². The second kappa shape index (κ2) is 7.44. The van der Waals surface area contributed by atoms with Crippen molar-refractivity contribution in [1.82, 2.24) is 19.4 Å². The molecule has 7 heteroatoms. The van der Waals surface area contributed by atoms with Gasteiger partial charge >= 0.3 is 0 Å². The predicted octanol–water partition coefficient (Wildman–Crippen LogP) is 1.53. The second-order valence-corrected chi connectivity index (χ2v) is 6.03. The summed E-state index contributed by atoms with van der Waals surface area (Å²) in [5.41, 5.74) is 6.17. The molecule has 0 radical (unpaired) electrons. The molecule has 1 amide bonds. The molecule has 3 rings (SSSR count). The molecule has 0 aromatic carbocycles. The highest BCUT2D eigenvalue weighted by Crippen LogP contribution is 2.26. The Labute approximate surface area is 141 Å². The van der Waals surface area contributed by atoms with E-state index in [1.807, 2.05) is 17.3 Å². The van der Waals surface area contributed by atoms with Gasteiger partial charge in [-0.2, -0.15) is 0 Å². The summed E-state index contributed by atoms with van der Waals surface area (Å²) in [5.74, 6) is 1.70. The van der Waals surface area contributed by atoms with Crippen molar-refractivity contribution < 1.29 is 9.53 Å². The minimum Gasteiger partial charge on any atom is -0.384 e. The number of nitrogens with two attached hydrogens (primary N) is 1. The Hall–Kier alpha value is -2.41. The Morgan fingerprint density at radius 3 is 3.04 bits per heavy atom. The number of anilines is 1. The number of nitrogen functional groups attached to an aromatic ring is 1. The number of piperidine rings is 1. The first-order valence-corrected chi connectivity index (χ1v) is 8.20. The van der Waals surface area contributed by atoms with Crippen molar-refractivity contribution in [2.75, 3.05) is 32.5 Å². The van der Waals surface area contributed by atoms with Gasteiger partial charge in [-0.25, -0.2) is 9.97 Å². The number of amides is 1. The van der Waals surface area contributed by atoms with Gasteiger partial charge in [-0.05, 0) is 25.0 Å². The van der Waals surface area contributed by atoms with E-state index in [1.54, 1.807) is 25.4 Å². The van der Waals surface area contributed by atoms with Crippen LogP contribution in [-0.4, -0.2) is 52.1 Å². The number of likely N-dealkylation sites (tertiary alicyclic amines) is 1. The lowest BCUT2D eigenvalue weighted by Gasteiger charge is -2.32. The zero-order chi connectivity index (χ0) is 16.9. The molecule has 2 aromatic rings. The minimum atomic E-state index is 0.00203. The summed E-state index contributed by atoms with van der Waals surface area (Å²) in [6, 6.07) is 3.39. The van der Waals surface area contributed by atoms with E-state index in [0.29, 0.717) is 24.5 Å². The van der Waals surface area contributed by atoms with E-state index in [4.69, 9.17) is 10.5 Å². The van der Waals surface area contributed by atoms with Crippen LogP contribution in [0.2, 0.25) is 0 Å². The van der Waals surface area contributed by atoms with Crippen LogP contribution in [0.25, 0.3) is 0 Å².